The summed E-state index contributed by atoms with van der Waals surface area (Å²) in [7, 11) is 1.83. The molecule has 0 bridgehead atoms. The summed E-state index contributed by atoms with van der Waals surface area (Å²) in [6.45, 7) is 13.2. The number of allylic oxidation sites excluding steroid dienone is 1. The minimum absolute atomic E-state index is 0.0362. The monoisotopic (exact) mass is 864 g/mol. The van der Waals surface area contributed by atoms with E-state index in [1.807, 2.05) is 69.2 Å². The highest BCUT2D eigenvalue weighted by Crippen LogP contribution is 2.41. The average Bonchev–Trinajstić information content (AvgIpc) is 3.91. The molecule has 1 unspecified atom stereocenters. The summed E-state index contributed by atoms with van der Waals surface area (Å²) in [5, 5.41) is 28.0. The first-order valence-corrected chi connectivity index (χ1v) is 21.8. The van der Waals surface area contributed by atoms with Crippen molar-refractivity contribution in [2.45, 2.75) is 65.6 Å². The fourth-order valence-electron chi connectivity index (χ4n) is 8.39. The van der Waals surface area contributed by atoms with Crippen LogP contribution in [0, 0.1) is 13.8 Å². The van der Waals surface area contributed by atoms with Gasteiger partial charge in [-0.1, -0.05) is 18.9 Å². The second-order valence-electron chi connectivity index (χ2n) is 16.3. The van der Waals surface area contributed by atoms with Gasteiger partial charge in [0.25, 0.3) is 5.91 Å². The summed E-state index contributed by atoms with van der Waals surface area (Å²) in [6.07, 6.45) is 6.52. The number of carbonyl (C=O) groups excluding carboxylic acids is 3. The number of aliphatic hydroxyl groups excluding tert-OH is 1. The van der Waals surface area contributed by atoms with Gasteiger partial charge >= 0.3 is 0 Å². The molecule has 4 aromatic rings. The Bertz CT molecular complexity index is 2250. The molecule has 3 aliphatic rings. The molecule has 7 rings (SSSR count). The number of Topliss-reactive ketones (excluding diaryl/α,β-unsaturated/α-hetero) is 1. The first kappa shape index (κ1) is 45.1. The molecular formula is C45H60N12O6. The Morgan fingerprint density at radius 2 is 1.63 bits per heavy atom. The van der Waals surface area contributed by atoms with Crippen molar-refractivity contribution < 1.29 is 29.0 Å². The van der Waals surface area contributed by atoms with Crippen LogP contribution in [0.25, 0.3) is 5.57 Å². The van der Waals surface area contributed by atoms with Gasteiger partial charge in [-0.2, -0.15) is 10.1 Å². The zero-order valence-corrected chi connectivity index (χ0v) is 36.9. The average molecular weight is 865 g/mol. The Kier molecular flexibility index (Phi) is 15.0. The van der Waals surface area contributed by atoms with Gasteiger partial charge in [0.15, 0.2) is 17.8 Å². The summed E-state index contributed by atoms with van der Waals surface area (Å²) in [4.78, 5) is 58.3. The van der Waals surface area contributed by atoms with Crippen molar-refractivity contribution in [1.82, 2.24) is 34.9 Å². The highest BCUT2D eigenvalue weighted by Gasteiger charge is 2.39. The fourth-order valence-corrected chi connectivity index (χ4v) is 8.39. The number of anilines is 6. The van der Waals surface area contributed by atoms with Crippen molar-refractivity contribution in [3.8, 4) is 0 Å². The van der Waals surface area contributed by atoms with Crippen molar-refractivity contribution in [2.24, 2.45) is 7.05 Å². The fraction of sp³-hybridized carbons (Fsp3) is 0.489. The van der Waals surface area contributed by atoms with E-state index in [1.54, 1.807) is 16.9 Å². The number of fused-ring (bicyclic) bond motifs is 1. The predicted octanol–water partition coefficient (Wildman–Crippen LogP) is 4.04. The second kappa shape index (κ2) is 20.9. The van der Waals surface area contributed by atoms with E-state index in [1.165, 1.54) is 6.92 Å². The number of carbonyl (C=O) groups is 3. The standard InChI is InChI=1S/C45H60N12O6/c1-29-25-39(53-54(29)5)50-43(60)35-11-8-12-37(30(35)2)46-15-21-62-23-24-63-22-16-47-40(59)28-55-17-19-56(20-18-55)34-13-14-38(48-26-34)51-45-49-27-36-31(3)41(32(4)58)44(61)57(42(36)52-45)33-9-6-7-10-33/h8,11-14,25-27,33,44,46,61H,6-7,9-10,15-24,28H2,1-5H3,(H,47,59)(H,50,53,60)(H,48,49,51,52). The topological polar surface area (TPSA) is 204 Å². The van der Waals surface area contributed by atoms with E-state index in [0.717, 1.165) is 80.1 Å². The van der Waals surface area contributed by atoms with Crippen LogP contribution in [-0.4, -0.2) is 137 Å². The Morgan fingerprint density at radius 1 is 0.889 bits per heavy atom. The molecule has 2 aliphatic heterocycles. The number of ether oxygens (including phenoxy) is 2. The highest BCUT2D eigenvalue weighted by molar-refractivity contribution is 6.06. The van der Waals surface area contributed by atoms with Gasteiger partial charge in [0, 0.05) is 92.7 Å². The molecule has 5 N–H and O–H groups in total. The minimum atomic E-state index is -1.04. The Balaban J connectivity index is 0.758. The number of amides is 2. The molecule has 0 radical (unpaired) electrons. The molecule has 1 saturated heterocycles. The maximum absolute atomic E-state index is 12.9. The SMILES string of the molecule is CC(=O)C1=C(C)c2cnc(Nc3ccc(N4CCN(CC(=O)NCCOCCOCCNc5cccc(C(=O)Nc6cc(C)n(C)n6)c5C)CC4)cn3)nc2N(C2CCCC2)C1O. The lowest BCUT2D eigenvalue weighted by Gasteiger charge is -2.40. The molecule has 1 atom stereocenters. The molecule has 18 nitrogen and oxygen atoms in total. The van der Waals surface area contributed by atoms with E-state index in [0.29, 0.717) is 86.2 Å². The molecular weight excluding hydrogens is 805 g/mol. The molecule has 2 fully saturated rings. The lowest BCUT2D eigenvalue weighted by Crippen LogP contribution is -2.49. The van der Waals surface area contributed by atoms with E-state index in [9.17, 15) is 19.5 Å². The van der Waals surface area contributed by atoms with E-state index in [2.05, 4.69) is 46.1 Å². The van der Waals surface area contributed by atoms with Crippen LogP contribution >= 0.6 is 0 Å². The molecule has 1 aliphatic carbocycles. The summed E-state index contributed by atoms with van der Waals surface area (Å²) in [5.74, 6) is 1.71. The molecule has 0 spiro atoms. The second-order valence-corrected chi connectivity index (χ2v) is 16.3. The van der Waals surface area contributed by atoms with Crippen LogP contribution in [0.5, 0.6) is 0 Å². The number of ketones is 1. The zero-order chi connectivity index (χ0) is 44.5. The maximum Gasteiger partial charge on any atom is 0.257 e. The lowest BCUT2D eigenvalue weighted by atomic mass is 9.93. The van der Waals surface area contributed by atoms with Gasteiger partial charge < -0.3 is 45.6 Å². The van der Waals surface area contributed by atoms with Crippen molar-refractivity contribution in [3.63, 3.8) is 0 Å². The van der Waals surface area contributed by atoms with Crippen LogP contribution in [-0.2, 0) is 26.1 Å². The Hall–Kier alpha value is -5.95. The lowest BCUT2D eigenvalue weighted by molar-refractivity contribution is -0.122. The first-order valence-electron chi connectivity index (χ1n) is 21.8. The number of rotatable bonds is 19. The summed E-state index contributed by atoms with van der Waals surface area (Å²) >= 11 is 0. The van der Waals surface area contributed by atoms with Crippen LogP contribution in [0.15, 0.2) is 54.4 Å². The highest BCUT2D eigenvalue weighted by atomic mass is 16.5. The normalized spacial score (nSPS) is 16.9. The maximum atomic E-state index is 12.9. The number of pyridine rings is 1. The molecule has 2 amide bonds. The number of nitrogens with zero attached hydrogens (tertiary/aromatic N) is 8. The molecule has 1 aromatic carbocycles. The van der Waals surface area contributed by atoms with Gasteiger partial charge in [0.1, 0.15) is 11.6 Å². The number of aryl methyl sites for hydroxylation is 2. The zero-order valence-electron chi connectivity index (χ0n) is 36.9. The number of benzene rings is 1. The van der Waals surface area contributed by atoms with Crippen LogP contribution in [0.3, 0.4) is 0 Å². The molecule has 3 aromatic heterocycles. The van der Waals surface area contributed by atoms with E-state index in [-0.39, 0.29) is 23.6 Å². The van der Waals surface area contributed by atoms with Crippen LogP contribution in [0.1, 0.15) is 66.7 Å². The van der Waals surface area contributed by atoms with Crippen molar-refractivity contribution in [1.29, 1.82) is 0 Å². The van der Waals surface area contributed by atoms with Gasteiger partial charge in [-0.3, -0.25) is 24.0 Å². The van der Waals surface area contributed by atoms with Gasteiger partial charge in [-0.25, -0.2) is 9.97 Å². The smallest absolute Gasteiger partial charge is 0.257 e. The van der Waals surface area contributed by atoms with Crippen LogP contribution < -0.4 is 31.1 Å². The van der Waals surface area contributed by atoms with Crippen LogP contribution in [0.2, 0.25) is 0 Å². The number of nitrogens with one attached hydrogen (secondary N) is 4. The quantitative estimate of drug-likeness (QED) is 0.0845. The number of hydrogen-bond acceptors (Lipinski definition) is 15. The third-order valence-electron chi connectivity index (χ3n) is 12.0. The van der Waals surface area contributed by atoms with E-state index >= 15 is 0 Å². The summed E-state index contributed by atoms with van der Waals surface area (Å²) in [5.41, 5.74) is 6.09. The largest absolute Gasteiger partial charge is 0.382 e. The van der Waals surface area contributed by atoms with Gasteiger partial charge in [0.2, 0.25) is 11.9 Å². The summed E-state index contributed by atoms with van der Waals surface area (Å²) < 4.78 is 13.1. The molecule has 18 heteroatoms. The first-order chi connectivity index (χ1) is 30.5. The number of aromatic nitrogens is 5. The Labute approximate surface area is 368 Å². The number of aliphatic hydroxyl groups is 1. The van der Waals surface area contributed by atoms with Gasteiger partial charge in [-0.05, 0) is 75.9 Å². The van der Waals surface area contributed by atoms with Crippen molar-refractivity contribution in [3.05, 3.63) is 76.7 Å². The predicted molar refractivity (Wildman–Crippen MR) is 242 cm³/mol. The molecule has 1 saturated carbocycles. The van der Waals surface area contributed by atoms with Crippen molar-refractivity contribution >= 4 is 57.9 Å². The summed E-state index contributed by atoms with van der Waals surface area (Å²) in [6, 6.07) is 11.4. The Morgan fingerprint density at radius 3 is 2.32 bits per heavy atom. The molecule has 63 heavy (non-hydrogen) atoms. The van der Waals surface area contributed by atoms with Crippen LogP contribution in [0.4, 0.5) is 34.8 Å². The van der Waals surface area contributed by atoms with E-state index < -0.39 is 6.23 Å². The minimum Gasteiger partial charge on any atom is -0.382 e. The van der Waals surface area contributed by atoms with Crippen molar-refractivity contribution in [2.75, 3.05) is 98.0 Å². The van der Waals surface area contributed by atoms with E-state index in [4.69, 9.17) is 14.5 Å². The molecule has 336 valence electrons. The number of hydrogen-bond donors (Lipinski definition) is 5. The third-order valence-corrected chi connectivity index (χ3v) is 12.0. The molecule has 5 heterocycles. The van der Waals surface area contributed by atoms with Gasteiger partial charge in [0.05, 0.1) is 44.9 Å². The third kappa shape index (κ3) is 11.2. The number of piperazine rings is 1. The van der Waals surface area contributed by atoms with Gasteiger partial charge in [-0.15, -0.1) is 0 Å².